The normalized spacial score (nSPS) is 14.8. The monoisotopic (exact) mass is 414 g/mol. The van der Waals surface area contributed by atoms with E-state index >= 15 is 0 Å². The lowest BCUT2D eigenvalue weighted by Crippen LogP contribution is -2.52. The van der Waals surface area contributed by atoms with Crippen molar-refractivity contribution >= 4 is 44.4 Å². The van der Waals surface area contributed by atoms with Crippen molar-refractivity contribution < 1.29 is 31.5 Å². The predicted octanol–water partition coefficient (Wildman–Crippen LogP) is 2.88. The molecule has 0 aliphatic carbocycles. The molecule has 6 nitrogen and oxygen atoms in total. The van der Waals surface area contributed by atoms with Gasteiger partial charge in [-0.05, 0) is 25.1 Å². The molecule has 0 bridgehead atoms. The largest absolute Gasteiger partial charge is 0.426 e. The summed E-state index contributed by atoms with van der Waals surface area (Å²) < 4.78 is 62.3. The van der Waals surface area contributed by atoms with Gasteiger partial charge in [0.1, 0.15) is 0 Å². The van der Waals surface area contributed by atoms with Crippen molar-refractivity contribution in [3.63, 3.8) is 0 Å². The molecule has 0 saturated carbocycles. The van der Waals surface area contributed by atoms with E-state index in [4.69, 9.17) is 11.6 Å². The number of nitrogens with zero attached hydrogens (tertiary/aromatic N) is 1. The van der Waals surface area contributed by atoms with Crippen molar-refractivity contribution in [3.8, 4) is 0 Å². The Bertz CT molecular complexity index is 896. The number of rotatable bonds is 4. The molecule has 1 heterocycles. The van der Waals surface area contributed by atoms with Gasteiger partial charge >= 0.3 is 6.18 Å². The van der Waals surface area contributed by atoms with Crippen molar-refractivity contribution in [2.75, 3.05) is 5.32 Å². The van der Waals surface area contributed by atoms with Crippen LogP contribution in [0.2, 0.25) is 5.02 Å². The predicted molar refractivity (Wildman–Crippen MR) is 84.3 cm³/mol. The van der Waals surface area contributed by atoms with Crippen molar-refractivity contribution in [1.29, 1.82) is 0 Å². The number of aliphatic hydroxyl groups is 1. The van der Waals surface area contributed by atoms with Crippen LogP contribution in [0, 0.1) is 0 Å². The SMILES string of the molecule is C[C@@](O)(C(=O)Nc1ccc(S(=O)(=O)c2nccs2)cc1Cl)C(F)(F)F. The standard InChI is InChI=1S/C13H10ClF3N2O4S2/c1-12(21,13(15,16)17)10(20)19-9-3-2-7(6-8(9)14)25(22,23)11-18-4-5-24-11/h2-6,21H,1H3,(H,19,20)/t12-/m1/s1. The highest BCUT2D eigenvalue weighted by Crippen LogP contribution is 2.33. The van der Waals surface area contributed by atoms with Crippen LogP contribution >= 0.6 is 22.9 Å². The fourth-order valence-electron chi connectivity index (χ4n) is 1.58. The lowest BCUT2D eigenvalue weighted by atomic mass is 10.1. The number of benzene rings is 1. The van der Waals surface area contributed by atoms with E-state index in [0.29, 0.717) is 0 Å². The van der Waals surface area contributed by atoms with Gasteiger partial charge in [0.05, 0.1) is 15.6 Å². The van der Waals surface area contributed by atoms with Gasteiger partial charge in [0, 0.05) is 11.6 Å². The van der Waals surface area contributed by atoms with Gasteiger partial charge in [-0.2, -0.15) is 13.2 Å². The molecule has 0 fully saturated rings. The number of carbonyl (C=O) groups is 1. The maximum Gasteiger partial charge on any atom is 0.426 e. The maximum atomic E-state index is 12.6. The van der Waals surface area contributed by atoms with Crippen LogP contribution in [0.15, 0.2) is 39.0 Å². The van der Waals surface area contributed by atoms with E-state index < -0.39 is 27.5 Å². The molecule has 1 atom stereocenters. The van der Waals surface area contributed by atoms with E-state index in [0.717, 1.165) is 29.5 Å². The second-order valence-electron chi connectivity index (χ2n) is 4.97. The molecule has 0 radical (unpaired) electrons. The third kappa shape index (κ3) is 3.78. The summed E-state index contributed by atoms with van der Waals surface area (Å²) in [4.78, 5) is 15.1. The van der Waals surface area contributed by atoms with Gasteiger partial charge in [0.2, 0.25) is 19.8 Å². The number of alkyl halides is 3. The van der Waals surface area contributed by atoms with Gasteiger partial charge in [-0.1, -0.05) is 11.6 Å². The van der Waals surface area contributed by atoms with Crippen molar-refractivity contribution in [2.24, 2.45) is 0 Å². The molecule has 2 aromatic rings. The maximum absolute atomic E-state index is 12.6. The Kier molecular flexibility index (Phi) is 5.15. The van der Waals surface area contributed by atoms with Crippen LogP contribution in [0.3, 0.4) is 0 Å². The third-order valence-corrected chi connectivity index (χ3v) is 6.40. The fourth-order valence-corrected chi connectivity index (χ4v) is 4.12. The van der Waals surface area contributed by atoms with Crippen LogP contribution in [-0.2, 0) is 14.6 Å². The third-order valence-electron chi connectivity index (χ3n) is 3.13. The zero-order valence-electron chi connectivity index (χ0n) is 12.3. The van der Waals surface area contributed by atoms with E-state index in [1.165, 1.54) is 11.6 Å². The molecule has 1 aromatic heterocycles. The number of carbonyl (C=O) groups excluding carboxylic acids is 1. The quantitative estimate of drug-likeness (QED) is 0.802. The van der Waals surface area contributed by atoms with Gasteiger partial charge in [-0.15, -0.1) is 11.3 Å². The van der Waals surface area contributed by atoms with Crippen LogP contribution in [0.1, 0.15) is 6.92 Å². The topological polar surface area (TPSA) is 96.4 Å². The number of amides is 1. The van der Waals surface area contributed by atoms with Gasteiger partial charge in [0.15, 0.2) is 0 Å². The zero-order valence-corrected chi connectivity index (χ0v) is 14.7. The summed E-state index contributed by atoms with van der Waals surface area (Å²) >= 11 is 6.73. The lowest BCUT2D eigenvalue weighted by molar-refractivity contribution is -0.242. The van der Waals surface area contributed by atoms with E-state index in [2.05, 4.69) is 4.98 Å². The molecule has 0 unspecified atom stereocenters. The Morgan fingerprint density at radius 3 is 2.48 bits per heavy atom. The highest BCUT2D eigenvalue weighted by atomic mass is 35.5. The minimum absolute atomic E-state index is 0.180. The van der Waals surface area contributed by atoms with Crippen LogP contribution < -0.4 is 5.32 Å². The number of sulfone groups is 1. The number of nitrogens with one attached hydrogen (secondary N) is 1. The molecule has 0 saturated heterocycles. The van der Waals surface area contributed by atoms with Crippen molar-refractivity contribution in [1.82, 2.24) is 4.98 Å². The number of hydrogen-bond donors (Lipinski definition) is 2. The highest BCUT2D eigenvalue weighted by molar-refractivity contribution is 7.93. The average molecular weight is 415 g/mol. The molecule has 1 amide bonds. The summed E-state index contributed by atoms with van der Waals surface area (Å²) in [5.41, 5.74) is -3.92. The zero-order chi connectivity index (χ0) is 19.0. The number of thiazole rings is 1. The fraction of sp³-hybridized carbons (Fsp3) is 0.231. The average Bonchev–Trinajstić information content (AvgIpc) is 3.02. The smallest absolute Gasteiger partial charge is 0.373 e. The molecular formula is C13H10ClF3N2O4S2. The van der Waals surface area contributed by atoms with Crippen LogP contribution in [0.5, 0.6) is 0 Å². The molecule has 0 aliphatic heterocycles. The first-order valence-corrected chi connectivity index (χ1v) is 9.16. The van der Waals surface area contributed by atoms with Crippen LogP contribution in [0.25, 0.3) is 0 Å². The summed E-state index contributed by atoms with van der Waals surface area (Å²) in [6.45, 7) is 0.289. The molecule has 136 valence electrons. The van der Waals surface area contributed by atoms with Gasteiger partial charge < -0.3 is 10.4 Å². The van der Waals surface area contributed by atoms with Crippen LogP contribution in [-0.4, -0.2) is 36.2 Å². The Balaban J connectivity index is 2.31. The van der Waals surface area contributed by atoms with Crippen LogP contribution in [0.4, 0.5) is 18.9 Å². The summed E-state index contributed by atoms with van der Waals surface area (Å²) in [5.74, 6) is -1.75. The summed E-state index contributed by atoms with van der Waals surface area (Å²) in [5, 5.41) is 12.3. The first-order chi connectivity index (χ1) is 11.4. The van der Waals surface area contributed by atoms with E-state index in [9.17, 15) is 31.5 Å². The number of hydrogen-bond acceptors (Lipinski definition) is 6. The summed E-state index contributed by atoms with van der Waals surface area (Å²) in [7, 11) is -3.93. The summed E-state index contributed by atoms with van der Waals surface area (Å²) in [6, 6.07) is 3.05. The minimum Gasteiger partial charge on any atom is -0.373 e. The Labute approximate surface area is 149 Å². The molecular weight excluding hydrogens is 405 g/mol. The van der Waals surface area contributed by atoms with Crippen molar-refractivity contribution in [3.05, 3.63) is 34.8 Å². The van der Waals surface area contributed by atoms with Crippen molar-refractivity contribution in [2.45, 2.75) is 27.9 Å². The highest BCUT2D eigenvalue weighted by Gasteiger charge is 2.55. The number of halogens is 4. The van der Waals surface area contributed by atoms with E-state index in [1.807, 2.05) is 5.32 Å². The second-order valence-corrected chi connectivity index (χ2v) is 8.39. The molecule has 0 spiro atoms. The minimum atomic E-state index is -5.20. The second kappa shape index (κ2) is 6.56. The molecule has 0 aliphatic rings. The van der Waals surface area contributed by atoms with Gasteiger partial charge in [-0.3, -0.25) is 4.79 Å². The molecule has 25 heavy (non-hydrogen) atoms. The Morgan fingerprint density at radius 2 is 2.00 bits per heavy atom. The number of aromatic nitrogens is 1. The van der Waals surface area contributed by atoms with Gasteiger partial charge in [-0.25, -0.2) is 13.4 Å². The lowest BCUT2D eigenvalue weighted by Gasteiger charge is -2.25. The summed E-state index contributed by atoms with van der Waals surface area (Å²) in [6.07, 6.45) is -3.90. The molecule has 2 rings (SSSR count). The Hall–Kier alpha value is -1.69. The molecule has 1 aromatic carbocycles. The molecule has 12 heteroatoms. The molecule has 2 N–H and O–H groups in total. The Morgan fingerprint density at radius 1 is 1.36 bits per heavy atom. The van der Waals surface area contributed by atoms with E-state index in [1.54, 1.807) is 0 Å². The first-order valence-electron chi connectivity index (χ1n) is 6.42. The number of anilines is 1. The first kappa shape index (κ1) is 19.6. The van der Waals surface area contributed by atoms with E-state index in [-0.39, 0.29) is 26.9 Å². The van der Waals surface area contributed by atoms with Gasteiger partial charge in [0.25, 0.3) is 5.91 Å².